The van der Waals surface area contributed by atoms with Crippen molar-refractivity contribution in [1.82, 2.24) is 0 Å². The van der Waals surface area contributed by atoms with Crippen molar-refractivity contribution in [2.45, 2.75) is 25.7 Å². The van der Waals surface area contributed by atoms with E-state index in [0.717, 1.165) is 42.3 Å². The zero-order chi connectivity index (χ0) is 13.7. The summed E-state index contributed by atoms with van der Waals surface area (Å²) < 4.78 is 11.0. The molecular formula is C15H24N2O2. The summed E-state index contributed by atoms with van der Waals surface area (Å²) in [5.74, 6) is 1.83. The highest BCUT2D eigenvalue weighted by molar-refractivity contribution is 5.64. The first-order valence-corrected chi connectivity index (χ1v) is 7.00. The van der Waals surface area contributed by atoms with Crippen LogP contribution >= 0.6 is 0 Å². The molecule has 0 aromatic heterocycles. The Kier molecular flexibility index (Phi) is 4.91. The highest BCUT2D eigenvalue weighted by Gasteiger charge is 2.18. The van der Waals surface area contributed by atoms with E-state index in [0.29, 0.717) is 6.54 Å². The zero-order valence-electron chi connectivity index (χ0n) is 11.9. The van der Waals surface area contributed by atoms with E-state index in [-0.39, 0.29) is 0 Å². The number of ether oxygens (including phenoxy) is 2. The molecule has 0 radical (unpaired) electrons. The van der Waals surface area contributed by atoms with Crippen molar-refractivity contribution < 1.29 is 9.47 Å². The average molecular weight is 264 g/mol. The third kappa shape index (κ3) is 3.13. The van der Waals surface area contributed by atoms with E-state index in [1.807, 2.05) is 0 Å². The minimum absolute atomic E-state index is 0.614. The van der Waals surface area contributed by atoms with Gasteiger partial charge in [0.25, 0.3) is 0 Å². The van der Waals surface area contributed by atoms with Crippen molar-refractivity contribution in [2.75, 3.05) is 38.8 Å². The Morgan fingerprint density at radius 1 is 1.05 bits per heavy atom. The second-order valence-corrected chi connectivity index (χ2v) is 4.92. The van der Waals surface area contributed by atoms with Gasteiger partial charge in [-0.3, -0.25) is 0 Å². The maximum Gasteiger partial charge on any atom is 0.142 e. The Balaban J connectivity index is 2.35. The zero-order valence-corrected chi connectivity index (χ0v) is 11.9. The van der Waals surface area contributed by atoms with E-state index < -0.39 is 0 Å². The number of methoxy groups -OCH3 is 2. The first-order valence-electron chi connectivity index (χ1n) is 7.00. The summed E-state index contributed by atoms with van der Waals surface area (Å²) in [5.41, 5.74) is 7.90. The molecule has 106 valence electrons. The monoisotopic (exact) mass is 264 g/mol. The van der Waals surface area contributed by atoms with E-state index >= 15 is 0 Å². The van der Waals surface area contributed by atoms with Crippen molar-refractivity contribution in [3.63, 3.8) is 0 Å². The highest BCUT2D eigenvalue weighted by Crippen LogP contribution is 2.36. The predicted molar refractivity (Wildman–Crippen MR) is 78.4 cm³/mol. The summed E-state index contributed by atoms with van der Waals surface area (Å²) in [6, 6.07) is 4.16. The topological polar surface area (TPSA) is 47.7 Å². The molecule has 1 aromatic rings. The summed E-state index contributed by atoms with van der Waals surface area (Å²) >= 11 is 0. The van der Waals surface area contributed by atoms with Crippen molar-refractivity contribution in [2.24, 2.45) is 5.73 Å². The summed E-state index contributed by atoms with van der Waals surface area (Å²) in [5, 5.41) is 0. The number of benzene rings is 1. The van der Waals surface area contributed by atoms with Crippen LogP contribution in [-0.2, 0) is 6.42 Å². The summed E-state index contributed by atoms with van der Waals surface area (Å²) in [4.78, 5) is 2.39. The molecule has 1 heterocycles. The Hall–Kier alpha value is -1.42. The van der Waals surface area contributed by atoms with Gasteiger partial charge in [-0.2, -0.15) is 0 Å². The maximum atomic E-state index is 5.65. The molecule has 0 saturated carbocycles. The van der Waals surface area contributed by atoms with Gasteiger partial charge in [0.05, 0.1) is 19.9 Å². The molecular weight excluding hydrogens is 240 g/mol. The highest BCUT2D eigenvalue weighted by atomic mass is 16.5. The molecule has 4 nitrogen and oxygen atoms in total. The fraction of sp³-hybridized carbons (Fsp3) is 0.600. The number of nitrogens with zero attached hydrogens (tertiary/aromatic N) is 1. The number of piperidine rings is 1. The van der Waals surface area contributed by atoms with Crippen molar-refractivity contribution in [1.29, 1.82) is 0 Å². The van der Waals surface area contributed by atoms with Gasteiger partial charge in [-0.25, -0.2) is 0 Å². The predicted octanol–water partition coefficient (Wildman–Crippen LogP) is 2.20. The number of rotatable bonds is 5. The van der Waals surface area contributed by atoms with Gasteiger partial charge in [0, 0.05) is 19.2 Å². The molecule has 0 aliphatic carbocycles. The van der Waals surface area contributed by atoms with Crippen LogP contribution in [0.15, 0.2) is 12.1 Å². The van der Waals surface area contributed by atoms with Crippen molar-refractivity contribution in [3.05, 3.63) is 17.7 Å². The van der Waals surface area contributed by atoms with Gasteiger partial charge in [-0.05, 0) is 43.9 Å². The van der Waals surface area contributed by atoms with E-state index in [1.54, 1.807) is 14.2 Å². The summed E-state index contributed by atoms with van der Waals surface area (Å²) in [6.45, 7) is 2.80. The Morgan fingerprint density at radius 3 is 2.32 bits per heavy atom. The Morgan fingerprint density at radius 2 is 1.74 bits per heavy atom. The Bertz CT molecular complexity index is 415. The molecule has 0 amide bonds. The third-order valence-corrected chi connectivity index (χ3v) is 3.69. The maximum absolute atomic E-state index is 5.65. The van der Waals surface area contributed by atoms with Gasteiger partial charge in [-0.1, -0.05) is 0 Å². The molecule has 19 heavy (non-hydrogen) atoms. The number of hydrogen-bond acceptors (Lipinski definition) is 4. The quantitative estimate of drug-likeness (QED) is 0.885. The van der Waals surface area contributed by atoms with E-state index in [9.17, 15) is 0 Å². The lowest BCUT2D eigenvalue weighted by molar-refractivity contribution is 0.397. The summed E-state index contributed by atoms with van der Waals surface area (Å²) in [7, 11) is 3.43. The van der Waals surface area contributed by atoms with E-state index in [2.05, 4.69) is 17.0 Å². The minimum atomic E-state index is 0.614. The van der Waals surface area contributed by atoms with E-state index in [4.69, 9.17) is 15.2 Å². The smallest absolute Gasteiger partial charge is 0.142 e. The molecule has 1 aromatic carbocycles. The molecule has 1 fully saturated rings. The molecule has 4 heteroatoms. The molecule has 0 unspecified atom stereocenters. The SMILES string of the molecule is COc1cc(N2CCCCC2)c(OC)cc1CCN. The van der Waals surface area contributed by atoms with Crippen LogP contribution in [0, 0.1) is 0 Å². The van der Waals surface area contributed by atoms with Crippen LogP contribution in [0.4, 0.5) is 5.69 Å². The van der Waals surface area contributed by atoms with Crippen LogP contribution in [0.25, 0.3) is 0 Å². The van der Waals surface area contributed by atoms with Crippen LogP contribution in [0.2, 0.25) is 0 Å². The third-order valence-electron chi connectivity index (χ3n) is 3.69. The van der Waals surface area contributed by atoms with Gasteiger partial charge in [-0.15, -0.1) is 0 Å². The molecule has 1 aliphatic rings. The molecule has 1 saturated heterocycles. The normalized spacial score (nSPS) is 15.4. The molecule has 0 spiro atoms. The van der Waals surface area contributed by atoms with Crippen LogP contribution in [0.5, 0.6) is 11.5 Å². The van der Waals surface area contributed by atoms with Gasteiger partial charge in [0.1, 0.15) is 11.5 Å². The lowest BCUT2D eigenvalue weighted by Crippen LogP contribution is -2.29. The van der Waals surface area contributed by atoms with Gasteiger partial charge >= 0.3 is 0 Å². The average Bonchev–Trinajstić information content (AvgIpc) is 2.48. The van der Waals surface area contributed by atoms with Crippen LogP contribution < -0.4 is 20.1 Å². The van der Waals surface area contributed by atoms with Crippen molar-refractivity contribution in [3.8, 4) is 11.5 Å². The molecule has 2 N–H and O–H groups in total. The fourth-order valence-electron chi connectivity index (χ4n) is 2.68. The Labute approximate surface area is 115 Å². The number of hydrogen-bond donors (Lipinski definition) is 1. The first-order chi connectivity index (χ1) is 9.30. The fourth-order valence-corrected chi connectivity index (χ4v) is 2.68. The second-order valence-electron chi connectivity index (χ2n) is 4.92. The first kappa shape index (κ1) is 14.0. The number of anilines is 1. The minimum Gasteiger partial charge on any atom is -0.496 e. The summed E-state index contributed by atoms with van der Waals surface area (Å²) in [6.07, 6.45) is 4.62. The standard InChI is InChI=1S/C15H24N2O2/c1-18-14-11-13(17-8-4-3-5-9-17)15(19-2)10-12(14)6-7-16/h10-11H,3-9,16H2,1-2H3. The molecule has 1 aliphatic heterocycles. The van der Waals surface area contributed by atoms with Crippen molar-refractivity contribution >= 4 is 5.69 Å². The van der Waals surface area contributed by atoms with E-state index in [1.165, 1.54) is 19.3 Å². The number of nitrogens with two attached hydrogens (primary N) is 1. The lowest BCUT2D eigenvalue weighted by atomic mass is 10.1. The van der Waals surface area contributed by atoms with Crippen LogP contribution in [-0.4, -0.2) is 33.9 Å². The molecule has 0 atom stereocenters. The largest absolute Gasteiger partial charge is 0.496 e. The van der Waals surface area contributed by atoms with Gasteiger partial charge < -0.3 is 20.1 Å². The lowest BCUT2D eigenvalue weighted by Gasteiger charge is -2.30. The van der Waals surface area contributed by atoms with Gasteiger partial charge in [0.2, 0.25) is 0 Å². The molecule has 2 rings (SSSR count). The van der Waals surface area contributed by atoms with Crippen LogP contribution in [0.3, 0.4) is 0 Å². The second kappa shape index (κ2) is 6.66. The molecule has 0 bridgehead atoms. The van der Waals surface area contributed by atoms with Crippen LogP contribution in [0.1, 0.15) is 24.8 Å². The van der Waals surface area contributed by atoms with Gasteiger partial charge in [0.15, 0.2) is 0 Å².